The molecule has 0 bridgehead atoms. The van der Waals surface area contributed by atoms with Crippen molar-refractivity contribution in [1.29, 1.82) is 0 Å². The lowest BCUT2D eigenvalue weighted by Crippen LogP contribution is -2.11. The number of benzene rings is 2. The summed E-state index contributed by atoms with van der Waals surface area (Å²) in [6.45, 7) is 6.89. The molecular formula is C34H46N2O2. The smallest absolute Gasteiger partial charge is 0.338 e. The standard InChI is InChI=1S/C34H46N2O2/c1-4-6-7-8-9-10-11-12-13-14-15-28-16-18-29(19-17-28)32-24-36-33(25-35-32)30-20-22-31(23-21-30)34(37)38-26-27(3)5-2/h16-25,27H,4-15,26H2,1-3H3. The second-order valence-electron chi connectivity index (χ2n) is 10.6. The first-order valence-corrected chi connectivity index (χ1v) is 14.8. The highest BCUT2D eigenvalue weighted by Gasteiger charge is 2.10. The van der Waals surface area contributed by atoms with Gasteiger partial charge in [0, 0.05) is 11.1 Å². The molecule has 2 aromatic carbocycles. The summed E-state index contributed by atoms with van der Waals surface area (Å²) in [7, 11) is 0. The molecule has 0 radical (unpaired) electrons. The average Bonchev–Trinajstić information content (AvgIpc) is 2.97. The van der Waals surface area contributed by atoms with Crippen LogP contribution < -0.4 is 0 Å². The molecule has 1 atom stereocenters. The minimum absolute atomic E-state index is 0.283. The minimum atomic E-state index is -0.283. The fourth-order valence-electron chi connectivity index (χ4n) is 4.48. The van der Waals surface area contributed by atoms with Crippen molar-refractivity contribution >= 4 is 5.97 Å². The van der Waals surface area contributed by atoms with Gasteiger partial charge in [0.25, 0.3) is 0 Å². The zero-order valence-corrected chi connectivity index (χ0v) is 23.8. The molecule has 38 heavy (non-hydrogen) atoms. The maximum absolute atomic E-state index is 12.2. The van der Waals surface area contributed by atoms with Crippen molar-refractivity contribution in [3.63, 3.8) is 0 Å². The average molecular weight is 515 g/mol. The molecule has 3 aromatic rings. The molecule has 1 heterocycles. The summed E-state index contributed by atoms with van der Waals surface area (Å²) < 4.78 is 5.39. The van der Waals surface area contributed by atoms with Gasteiger partial charge in [-0.1, -0.05) is 121 Å². The predicted octanol–water partition coefficient (Wildman–Crippen LogP) is 9.48. The van der Waals surface area contributed by atoms with Gasteiger partial charge in [-0.2, -0.15) is 0 Å². The first kappa shape index (κ1) is 29.5. The molecule has 0 aliphatic rings. The van der Waals surface area contributed by atoms with Crippen molar-refractivity contribution in [3.05, 3.63) is 72.1 Å². The molecule has 0 spiro atoms. The summed E-state index contributed by atoms with van der Waals surface area (Å²) in [6.07, 6.45) is 19.4. The Labute approximate surface area is 230 Å². The molecular weight excluding hydrogens is 468 g/mol. The summed E-state index contributed by atoms with van der Waals surface area (Å²) in [4.78, 5) is 21.5. The topological polar surface area (TPSA) is 52.1 Å². The second-order valence-corrected chi connectivity index (χ2v) is 10.6. The highest BCUT2D eigenvalue weighted by molar-refractivity contribution is 5.90. The Morgan fingerprint density at radius 3 is 1.71 bits per heavy atom. The summed E-state index contributed by atoms with van der Waals surface area (Å²) in [5, 5.41) is 0. The normalized spacial score (nSPS) is 11.9. The predicted molar refractivity (Wildman–Crippen MR) is 158 cm³/mol. The number of aryl methyl sites for hydroxylation is 1. The van der Waals surface area contributed by atoms with E-state index in [4.69, 9.17) is 4.74 Å². The maximum Gasteiger partial charge on any atom is 0.338 e. The van der Waals surface area contributed by atoms with Crippen LogP contribution in [0, 0.1) is 5.92 Å². The second kappa shape index (κ2) is 16.8. The van der Waals surface area contributed by atoms with Crippen LogP contribution in [0.2, 0.25) is 0 Å². The zero-order valence-electron chi connectivity index (χ0n) is 23.8. The molecule has 0 fully saturated rings. The number of rotatable bonds is 17. The van der Waals surface area contributed by atoms with Crippen LogP contribution in [0.15, 0.2) is 60.9 Å². The van der Waals surface area contributed by atoms with E-state index >= 15 is 0 Å². The van der Waals surface area contributed by atoms with Crippen LogP contribution in [0.4, 0.5) is 0 Å². The van der Waals surface area contributed by atoms with Crippen molar-refractivity contribution in [2.45, 2.75) is 97.8 Å². The van der Waals surface area contributed by atoms with E-state index < -0.39 is 0 Å². The van der Waals surface area contributed by atoms with E-state index in [1.54, 1.807) is 18.3 Å². The van der Waals surface area contributed by atoms with E-state index in [2.05, 4.69) is 55.0 Å². The highest BCUT2D eigenvalue weighted by atomic mass is 16.5. The number of hydrogen-bond acceptors (Lipinski definition) is 4. The number of carbonyl (C=O) groups excluding carboxylic acids is 1. The Morgan fingerprint density at radius 2 is 1.21 bits per heavy atom. The molecule has 4 nitrogen and oxygen atoms in total. The Bertz CT molecular complexity index is 1060. The van der Waals surface area contributed by atoms with Gasteiger partial charge in [-0.05, 0) is 36.5 Å². The van der Waals surface area contributed by atoms with Gasteiger partial charge in [-0.25, -0.2) is 4.79 Å². The number of carbonyl (C=O) groups is 1. The molecule has 3 rings (SSSR count). The Kier molecular flexibility index (Phi) is 13.0. The van der Waals surface area contributed by atoms with Crippen molar-refractivity contribution in [2.24, 2.45) is 5.92 Å². The zero-order chi connectivity index (χ0) is 27.0. The third kappa shape index (κ3) is 10.0. The van der Waals surface area contributed by atoms with Crippen molar-refractivity contribution < 1.29 is 9.53 Å². The summed E-state index contributed by atoms with van der Waals surface area (Å²) in [5.74, 6) is 0.0858. The fraction of sp³-hybridized carbons (Fsp3) is 0.500. The molecule has 1 unspecified atom stereocenters. The van der Waals surface area contributed by atoms with E-state index in [0.29, 0.717) is 18.1 Å². The van der Waals surface area contributed by atoms with Gasteiger partial charge in [-0.3, -0.25) is 9.97 Å². The lowest BCUT2D eigenvalue weighted by atomic mass is 10.0. The third-order valence-electron chi connectivity index (χ3n) is 7.33. The first-order chi connectivity index (χ1) is 18.6. The fourth-order valence-corrected chi connectivity index (χ4v) is 4.48. The maximum atomic E-state index is 12.2. The Morgan fingerprint density at radius 1 is 0.711 bits per heavy atom. The van der Waals surface area contributed by atoms with Gasteiger partial charge in [0.15, 0.2) is 0 Å². The van der Waals surface area contributed by atoms with Crippen LogP contribution >= 0.6 is 0 Å². The first-order valence-electron chi connectivity index (χ1n) is 14.8. The van der Waals surface area contributed by atoms with Gasteiger partial charge in [0.05, 0.1) is 36.0 Å². The largest absolute Gasteiger partial charge is 0.462 e. The number of nitrogens with zero attached hydrogens (tertiary/aromatic N) is 2. The highest BCUT2D eigenvalue weighted by Crippen LogP contribution is 2.22. The molecule has 0 N–H and O–H groups in total. The molecule has 0 aliphatic heterocycles. The number of esters is 1. The third-order valence-corrected chi connectivity index (χ3v) is 7.33. The van der Waals surface area contributed by atoms with Gasteiger partial charge < -0.3 is 4.74 Å². The number of hydrogen-bond donors (Lipinski definition) is 0. The lowest BCUT2D eigenvalue weighted by molar-refractivity contribution is 0.0447. The molecule has 0 saturated carbocycles. The minimum Gasteiger partial charge on any atom is -0.462 e. The Balaban J connectivity index is 1.42. The van der Waals surface area contributed by atoms with Gasteiger partial charge >= 0.3 is 5.97 Å². The van der Waals surface area contributed by atoms with E-state index in [1.807, 2.05) is 18.3 Å². The van der Waals surface area contributed by atoms with E-state index in [1.165, 1.54) is 69.8 Å². The molecule has 0 saturated heterocycles. The van der Waals surface area contributed by atoms with Crippen LogP contribution in [0.1, 0.15) is 107 Å². The van der Waals surface area contributed by atoms with Crippen LogP contribution in [0.3, 0.4) is 0 Å². The van der Waals surface area contributed by atoms with E-state index in [-0.39, 0.29) is 5.97 Å². The quantitative estimate of drug-likeness (QED) is 0.133. The van der Waals surface area contributed by atoms with Gasteiger partial charge in [0.1, 0.15) is 0 Å². The lowest BCUT2D eigenvalue weighted by Gasteiger charge is -2.10. The van der Waals surface area contributed by atoms with Crippen LogP contribution in [0.5, 0.6) is 0 Å². The number of unbranched alkanes of at least 4 members (excludes halogenated alkanes) is 9. The number of ether oxygens (including phenoxy) is 1. The molecule has 4 heteroatoms. The Hall–Kier alpha value is -3.01. The monoisotopic (exact) mass is 514 g/mol. The summed E-state index contributed by atoms with van der Waals surface area (Å²) >= 11 is 0. The molecule has 0 amide bonds. The molecule has 204 valence electrons. The van der Waals surface area contributed by atoms with Crippen LogP contribution in [-0.2, 0) is 11.2 Å². The SMILES string of the molecule is CCCCCCCCCCCCc1ccc(-c2cnc(-c3ccc(C(=O)OCC(C)CC)cc3)cn2)cc1. The van der Waals surface area contributed by atoms with Crippen molar-refractivity contribution in [1.82, 2.24) is 9.97 Å². The molecule has 1 aromatic heterocycles. The summed E-state index contributed by atoms with van der Waals surface area (Å²) in [5.41, 5.74) is 5.60. The van der Waals surface area contributed by atoms with Gasteiger partial charge in [-0.15, -0.1) is 0 Å². The molecule has 0 aliphatic carbocycles. The van der Waals surface area contributed by atoms with Crippen LogP contribution in [0.25, 0.3) is 22.5 Å². The van der Waals surface area contributed by atoms with Crippen LogP contribution in [-0.4, -0.2) is 22.5 Å². The van der Waals surface area contributed by atoms with Gasteiger partial charge in [0.2, 0.25) is 0 Å². The summed E-state index contributed by atoms with van der Waals surface area (Å²) in [6, 6.07) is 16.1. The number of aromatic nitrogens is 2. The van der Waals surface area contributed by atoms with E-state index in [9.17, 15) is 4.79 Å². The van der Waals surface area contributed by atoms with Crippen molar-refractivity contribution in [3.8, 4) is 22.5 Å². The van der Waals surface area contributed by atoms with Crippen molar-refractivity contribution in [2.75, 3.05) is 6.61 Å². The van der Waals surface area contributed by atoms with E-state index in [0.717, 1.165) is 35.4 Å².